The van der Waals surface area contributed by atoms with E-state index in [0.29, 0.717) is 12.4 Å². The van der Waals surface area contributed by atoms with E-state index in [2.05, 4.69) is 15.5 Å². The summed E-state index contributed by atoms with van der Waals surface area (Å²) in [6.45, 7) is 0.673. The first-order chi connectivity index (χ1) is 15.3. The molecular weight excluding hydrogens is 482 g/mol. The highest BCUT2D eigenvalue weighted by molar-refractivity contribution is 8.05. The van der Waals surface area contributed by atoms with Gasteiger partial charge in [0.15, 0.2) is 10.8 Å². The van der Waals surface area contributed by atoms with Crippen molar-refractivity contribution >= 4 is 63.5 Å². The molecule has 0 aliphatic carbocycles. The quantitative estimate of drug-likeness (QED) is 0.236. The Balaban J connectivity index is 1.40. The first kappa shape index (κ1) is 23.1. The molecule has 1 aromatic heterocycles. The van der Waals surface area contributed by atoms with Gasteiger partial charge in [0.25, 0.3) is 5.91 Å². The maximum Gasteiger partial charge on any atom is 0.322 e. The molecule has 32 heavy (non-hydrogen) atoms. The fourth-order valence-corrected chi connectivity index (χ4v) is 6.98. The van der Waals surface area contributed by atoms with Crippen LogP contribution >= 0.6 is 34.9 Å². The van der Waals surface area contributed by atoms with Crippen molar-refractivity contribution in [1.82, 2.24) is 15.2 Å². The number of thioether (sulfide) groups is 2. The molecule has 15 heteroatoms. The van der Waals surface area contributed by atoms with Crippen molar-refractivity contribution in [1.29, 1.82) is 0 Å². The van der Waals surface area contributed by atoms with E-state index in [0.717, 1.165) is 11.3 Å². The number of thiazole rings is 1. The predicted molar refractivity (Wildman–Crippen MR) is 118 cm³/mol. The Morgan fingerprint density at radius 1 is 1.56 bits per heavy atom. The van der Waals surface area contributed by atoms with Crippen molar-refractivity contribution in [3.63, 3.8) is 0 Å². The van der Waals surface area contributed by atoms with Crippen LogP contribution in [0.1, 0.15) is 5.69 Å². The summed E-state index contributed by atoms with van der Waals surface area (Å²) >= 11 is 3.72. The second-order valence-corrected chi connectivity index (χ2v) is 10.6. The second kappa shape index (κ2) is 9.43. The Morgan fingerprint density at radius 3 is 3.00 bits per heavy atom. The number of ether oxygens (including phenoxy) is 2. The fourth-order valence-electron chi connectivity index (χ4n) is 3.45. The number of nitrogen functional groups attached to an aromatic ring is 1. The third kappa shape index (κ3) is 4.39. The molecule has 174 valence electrons. The highest BCUT2D eigenvalue weighted by Crippen LogP contribution is 2.44. The molecule has 3 aliphatic rings. The molecule has 4 N–H and O–H groups in total. The zero-order chi connectivity index (χ0) is 22.9. The number of nitrogens with two attached hydrogens (primary N) is 1. The maximum absolute atomic E-state index is 12.8. The van der Waals surface area contributed by atoms with Gasteiger partial charge < -0.3 is 35.4 Å². The smallest absolute Gasteiger partial charge is 0.322 e. The number of hydrogen-bond acceptors (Lipinski definition) is 12. The average molecular weight is 504 g/mol. The van der Waals surface area contributed by atoms with Crippen LogP contribution in [-0.2, 0) is 28.7 Å². The van der Waals surface area contributed by atoms with Gasteiger partial charge in [-0.15, -0.1) is 34.9 Å². The number of hydrogen-bond donors (Lipinski definition) is 3. The number of β-lactam (4-membered cyclic amide) rings is 1. The molecule has 2 amide bonds. The number of carbonyl (C=O) groups excluding carboxylic acids is 2. The van der Waals surface area contributed by atoms with E-state index >= 15 is 0 Å². The SMILES string of the molecule is CON=C(C(=O)NC1C(=O)N2CC(SCC3COCO3)(C(=O)O)CS[C@H]12)c1csc(N)n1. The van der Waals surface area contributed by atoms with Crippen LogP contribution in [0, 0.1) is 0 Å². The molecular formula is C17H21N5O7S3. The van der Waals surface area contributed by atoms with Crippen LogP contribution in [0.4, 0.5) is 5.13 Å². The number of oxime groups is 1. The summed E-state index contributed by atoms with van der Waals surface area (Å²) in [4.78, 5) is 47.9. The molecule has 4 atom stereocenters. The first-order valence-corrected chi connectivity index (χ1v) is 12.4. The zero-order valence-corrected chi connectivity index (χ0v) is 19.3. The molecule has 3 saturated heterocycles. The molecule has 4 rings (SSSR count). The number of nitrogens with one attached hydrogen (secondary N) is 1. The highest BCUT2D eigenvalue weighted by Gasteiger charge is 2.58. The van der Waals surface area contributed by atoms with Crippen LogP contribution < -0.4 is 11.1 Å². The Morgan fingerprint density at radius 2 is 2.38 bits per heavy atom. The lowest BCUT2D eigenvalue weighted by Gasteiger charge is -2.53. The molecule has 1 aromatic rings. The van der Waals surface area contributed by atoms with E-state index in [1.165, 1.54) is 35.5 Å². The maximum atomic E-state index is 12.8. The molecule has 4 heterocycles. The number of aliphatic carboxylic acids is 1. The van der Waals surface area contributed by atoms with Crippen LogP contribution in [0.3, 0.4) is 0 Å². The number of carboxylic acids is 1. The standard InChI is InChI=1S/C17H21N5O7S3/c1-27-21-10(9-4-30-16(18)19-9)12(23)20-11-13(24)22-5-17(15(25)26,6-31-14(11)22)32-3-8-2-28-7-29-8/h4,8,11,14H,2-3,5-7H2,1H3,(H2,18,19)(H,20,23)(H,25,26)/t8?,11?,14-,17?/m1/s1. The van der Waals surface area contributed by atoms with Crippen LogP contribution in [-0.4, -0.2) is 99.3 Å². The Labute approximate surface area is 195 Å². The summed E-state index contributed by atoms with van der Waals surface area (Å²) in [5, 5.41) is 17.7. The monoisotopic (exact) mass is 503 g/mol. The Bertz CT molecular complexity index is 937. The Kier molecular flexibility index (Phi) is 6.80. The third-order valence-corrected chi connectivity index (χ3v) is 9.05. The number of fused-ring (bicyclic) bond motifs is 1. The number of rotatable bonds is 8. The summed E-state index contributed by atoms with van der Waals surface area (Å²) < 4.78 is 9.39. The molecule has 0 saturated carbocycles. The summed E-state index contributed by atoms with van der Waals surface area (Å²) in [6.07, 6.45) is -0.170. The normalized spacial score (nSPS) is 29.9. The molecule has 3 aliphatic heterocycles. The lowest BCUT2D eigenvalue weighted by Crippen LogP contribution is -2.75. The highest BCUT2D eigenvalue weighted by atomic mass is 32.2. The molecule has 12 nitrogen and oxygen atoms in total. The average Bonchev–Trinajstić information content (AvgIpc) is 3.45. The van der Waals surface area contributed by atoms with E-state index in [9.17, 15) is 19.5 Å². The van der Waals surface area contributed by atoms with Gasteiger partial charge in [-0.05, 0) is 0 Å². The number of carbonyl (C=O) groups is 3. The van der Waals surface area contributed by atoms with Gasteiger partial charge in [0, 0.05) is 23.4 Å². The van der Waals surface area contributed by atoms with Crippen molar-refractivity contribution in [2.75, 3.05) is 44.3 Å². The summed E-state index contributed by atoms with van der Waals surface area (Å²) in [5.41, 5.74) is 5.77. The van der Waals surface area contributed by atoms with Gasteiger partial charge in [-0.3, -0.25) is 14.4 Å². The van der Waals surface area contributed by atoms with Crippen molar-refractivity contribution in [2.24, 2.45) is 5.16 Å². The van der Waals surface area contributed by atoms with Gasteiger partial charge in [-0.25, -0.2) is 4.98 Å². The number of anilines is 1. The first-order valence-electron chi connectivity index (χ1n) is 9.47. The second-order valence-electron chi connectivity index (χ2n) is 7.20. The molecule has 0 bridgehead atoms. The van der Waals surface area contributed by atoms with E-state index in [-0.39, 0.29) is 53.0 Å². The van der Waals surface area contributed by atoms with Crippen molar-refractivity contribution in [3.05, 3.63) is 11.1 Å². The summed E-state index contributed by atoms with van der Waals surface area (Å²) in [7, 11) is 1.29. The van der Waals surface area contributed by atoms with E-state index < -0.39 is 22.7 Å². The summed E-state index contributed by atoms with van der Waals surface area (Å²) in [6, 6.07) is -0.797. The molecule has 0 aromatic carbocycles. The molecule has 3 unspecified atom stereocenters. The topological polar surface area (TPSA) is 166 Å². The van der Waals surface area contributed by atoms with E-state index in [1.54, 1.807) is 5.38 Å². The molecule has 3 fully saturated rings. The van der Waals surface area contributed by atoms with Crippen molar-refractivity contribution < 1.29 is 33.8 Å². The van der Waals surface area contributed by atoms with Crippen molar-refractivity contribution in [3.8, 4) is 0 Å². The minimum Gasteiger partial charge on any atom is -0.480 e. The predicted octanol–water partition coefficient (Wildman–Crippen LogP) is -0.595. The van der Waals surface area contributed by atoms with Gasteiger partial charge in [0.1, 0.15) is 35.8 Å². The van der Waals surface area contributed by atoms with Crippen LogP contribution in [0.2, 0.25) is 0 Å². The lowest BCUT2D eigenvalue weighted by atomic mass is 10.0. The van der Waals surface area contributed by atoms with Gasteiger partial charge >= 0.3 is 5.97 Å². The minimum atomic E-state index is -1.15. The number of carboxylic acid groups (broad SMARTS) is 1. The minimum absolute atomic E-state index is 0.0467. The third-order valence-electron chi connectivity index (χ3n) is 5.13. The van der Waals surface area contributed by atoms with Crippen LogP contribution in [0.15, 0.2) is 10.5 Å². The van der Waals surface area contributed by atoms with Gasteiger partial charge in [-0.1, -0.05) is 5.16 Å². The van der Waals surface area contributed by atoms with Gasteiger partial charge in [0.05, 0.1) is 12.7 Å². The largest absolute Gasteiger partial charge is 0.480 e. The van der Waals surface area contributed by atoms with E-state index in [1.807, 2.05) is 0 Å². The van der Waals surface area contributed by atoms with Gasteiger partial charge in [-0.2, -0.15) is 0 Å². The van der Waals surface area contributed by atoms with Gasteiger partial charge in [0.2, 0.25) is 5.91 Å². The summed E-state index contributed by atoms with van der Waals surface area (Å²) in [5.74, 6) is -1.23. The lowest BCUT2D eigenvalue weighted by molar-refractivity contribution is -0.151. The number of nitrogens with zero attached hydrogens (tertiary/aromatic N) is 3. The number of amides is 2. The zero-order valence-electron chi connectivity index (χ0n) is 16.9. The Hall–Kier alpha value is -2.07. The molecule has 0 radical (unpaired) electrons. The van der Waals surface area contributed by atoms with Crippen LogP contribution in [0.25, 0.3) is 0 Å². The molecule has 0 spiro atoms. The van der Waals surface area contributed by atoms with Crippen LogP contribution in [0.5, 0.6) is 0 Å². The fraction of sp³-hybridized carbons (Fsp3) is 0.588. The number of aromatic nitrogens is 1. The van der Waals surface area contributed by atoms with Crippen molar-refractivity contribution in [2.45, 2.75) is 22.3 Å². The van der Waals surface area contributed by atoms with E-state index in [4.69, 9.17) is 20.0 Å².